The Morgan fingerprint density at radius 3 is 2.50 bits per heavy atom. The normalized spacial score (nSPS) is 14.7. The topological polar surface area (TPSA) is 51.2 Å². The summed E-state index contributed by atoms with van der Waals surface area (Å²) in [7, 11) is 0. The molecule has 6 heteroatoms. The molecule has 0 saturated heterocycles. The van der Waals surface area contributed by atoms with E-state index in [0.717, 1.165) is 12.5 Å². The van der Waals surface area contributed by atoms with Gasteiger partial charge >= 0.3 is 6.18 Å². The minimum Gasteiger partial charge on any atom is -0.472 e. The van der Waals surface area contributed by atoms with E-state index in [4.69, 9.17) is 5.84 Å². The van der Waals surface area contributed by atoms with Crippen molar-refractivity contribution in [3.63, 3.8) is 0 Å². The number of hydrazine groups is 1. The molecule has 0 saturated carbocycles. The van der Waals surface area contributed by atoms with E-state index in [1.165, 1.54) is 6.07 Å². The van der Waals surface area contributed by atoms with Gasteiger partial charge in [0.05, 0.1) is 12.5 Å². The first-order valence-electron chi connectivity index (χ1n) is 3.10. The molecule has 0 aliphatic carbocycles. The summed E-state index contributed by atoms with van der Waals surface area (Å²) in [5, 5.41) is 0. The Morgan fingerprint density at radius 1 is 1.50 bits per heavy atom. The van der Waals surface area contributed by atoms with Gasteiger partial charge < -0.3 is 4.42 Å². The van der Waals surface area contributed by atoms with Crippen molar-refractivity contribution in [2.24, 2.45) is 5.84 Å². The summed E-state index contributed by atoms with van der Waals surface area (Å²) in [5.41, 5.74) is 1.62. The first-order chi connectivity index (χ1) is 5.55. The zero-order valence-corrected chi connectivity index (χ0v) is 5.93. The Kier molecular flexibility index (Phi) is 2.39. The van der Waals surface area contributed by atoms with Gasteiger partial charge in [-0.15, -0.1) is 0 Å². The Balaban J connectivity index is 2.84. The lowest BCUT2D eigenvalue weighted by molar-refractivity contribution is -0.157. The molecule has 0 aliphatic heterocycles. The van der Waals surface area contributed by atoms with Crippen LogP contribution in [0.15, 0.2) is 23.0 Å². The first kappa shape index (κ1) is 9.08. The van der Waals surface area contributed by atoms with E-state index < -0.39 is 12.2 Å². The molecule has 1 aromatic rings. The zero-order valence-electron chi connectivity index (χ0n) is 5.93. The van der Waals surface area contributed by atoms with E-state index in [1.54, 1.807) is 5.43 Å². The highest BCUT2D eigenvalue weighted by Crippen LogP contribution is 2.31. The van der Waals surface area contributed by atoms with Gasteiger partial charge in [0.25, 0.3) is 0 Å². The molecule has 0 spiro atoms. The second kappa shape index (κ2) is 3.16. The van der Waals surface area contributed by atoms with Crippen molar-refractivity contribution >= 4 is 0 Å². The van der Waals surface area contributed by atoms with Crippen molar-refractivity contribution < 1.29 is 17.6 Å². The third-order valence-electron chi connectivity index (χ3n) is 1.37. The summed E-state index contributed by atoms with van der Waals surface area (Å²) in [6, 6.07) is -0.658. The average molecular weight is 180 g/mol. The van der Waals surface area contributed by atoms with Crippen molar-refractivity contribution in [3.05, 3.63) is 24.2 Å². The van der Waals surface area contributed by atoms with Crippen LogP contribution in [0.25, 0.3) is 0 Å². The van der Waals surface area contributed by atoms with E-state index in [-0.39, 0.29) is 5.56 Å². The van der Waals surface area contributed by atoms with Gasteiger partial charge in [-0.05, 0) is 6.07 Å². The highest BCUT2D eigenvalue weighted by molar-refractivity contribution is 5.13. The standard InChI is InChI=1S/C6H7F3N2O/c7-6(8,9)5(11-10)4-1-2-12-3-4/h1-3,5,11H,10H2. The predicted octanol–water partition coefficient (Wildman–Crippen LogP) is 1.35. The first-order valence-corrected chi connectivity index (χ1v) is 3.10. The molecule has 3 N–H and O–H groups in total. The zero-order chi connectivity index (χ0) is 9.19. The minimum atomic E-state index is -4.40. The van der Waals surface area contributed by atoms with Crippen molar-refractivity contribution in [3.8, 4) is 0 Å². The third kappa shape index (κ3) is 1.77. The summed E-state index contributed by atoms with van der Waals surface area (Å²) in [6.07, 6.45) is -2.25. The van der Waals surface area contributed by atoms with Crippen molar-refractivity contribution in [2.75, 3.05) is 0 Å². The van der Waals surface area contributed by atoms with E-state index in [1.807, 2.05) is 0 Å². The van der Waals surface area contributed by atoms with Crippen molar-refractivity contribution in [1.82, 2.24) is 5.43 Å². The molecule has 68 valence electrons. The summed E-state index contributed by atoms with van der Waals surface area (Å²) in [4.78, 5) is 0. The lowest BCUT2D eigenvalue weighted by Crippen LogP contribution is -2.38. The molecule has 12 heavy (non-hydrogen) atoms. The second-order valence-electron chi connectivity index (χ2n) is 2.20. The van der Waals surface area contributed by atoms with Crippen LogP contribution in [0.4, 0.5) is 13.2 Å². The maximum Gasteiger partial charge on any atom is 0.409 e. The maximum atomic E-state index is 12.1. The minimum absolute atomic E-state index is 0.0370. The largest absolute Gasteiger partial charge is 0.472 e. The number of hydrogen-bond acceptors (Lipinski definition) is 3. The van der Waals surface area contributed by atoms with Crippen LogP contribution >= 0.6 is 0 Å². The average Bonchev–Trinajstić information content (AvgIpc) is 2.38. The van der Waals surface area contributed by atoms with Crippen LogP contribution in [0.2, 0.25) is 0 Å². The molecule has 3 nitrogen and oxygen atoms in total. The van der Waals surface area contributed by atoms with E-state index in [0.29, 0.717) is 0 Å². The lowest BCUT2D eigenvalue weighted by atomic mass is 10.1. The molecule has 1 rings (SSSR count). The van der Waals surface area contributed by atoms with Crippen LogP contribution in [-0.2, 0) is 0 Å². The third-order valence-corrected chi connectivity index (χ3v) is 1.37. The molecule has 0 amide bonds. The van der Waals surface area contributed by atoms with Gasteiger partial charge in [-0.1, -0.05) is 0 Å². The van der Waals surface area contributed by atoms with Crippen molar-refractivity contribution in [1.29, 1.82) is 0 Å². The molecule has 1 heterocycles. The molecule has 0 aliphatic rings. The lowest BCUT2D eigenvalue weighted by Gasteiger charge is -2.17. The van der Waals surface area contributed by atoms with Gasteiger partial charge in [0.1, 0.15) is 6.04 Å². The molecular formula is C6H7F3N2O. The summed E-state index contributed by atoms with van der Waals surface area (Å²) >= 11 is 0. The van der Waals surface area contributed by atoms with Crippen LogP contribution in [0.3, 0.4) is 0 Å². The number of alkyl halides is 3. The number of nitrogens with one attached hydrogen (secondary N) is 1. The molecular weight excluding hydrogens is 173 g/mol. The van der Waals surface area contributed by atoms with Gasteiger partial charge in [0.15, 0.2) is 0 Å². The Bertz CT molecular complexity index is 231. The van der Waals surface area contributed by atoms with Gasteiger partial charge in [-0.3, -0.25) is 5.84 Å². The number of halogens is 3. The fraction of sp³-hybridized carbons (Fsp3) is 0.333. The van der Waals surface area contributed by atoms with Crippen LogP contribution < -0.4 is 11.3 Å². The quantitative estimate of drug-likeness (QED) is 0.533. The summed E-state index contributed by atoms with van der Waals surface area (Å²) in [5.74, 6) is 4.74. The Labute approximate surface area is 66.3 Å². The van der Waals surface area contributed by atoms with E-state index >= 15 is 0 Å². The fourth-order valence-electron chi connectivity index (χ4n) is 0.819. The number of nitrogens with two attached hydrogens (primary N) is 1. The SMILES string of the molecule is NNC(c1ccoc1)C(F)(F)F. The number of furan rings is 1. The van der Waals surface area contributed by atoms with Crippen molar-refractivity contribution in [2.45, 2.75) is 12.2 Å². The molecule has 0 bridgehead atoms. The highest BCUT2D eigenvalue weighted by Gasteiger charge is 2.40. The van der Waals surface area contributed by atoms with Gasteiger partial charge in [-0.25, -0.2) is 5.43 Å². The maximum absolute atomic E-state index is 12.1. The predicted molar refractivity (Wildman–Crippen MR) is 34.8 cm³/mol. The van der Waals surface area contributed by atoms with Crippen LogP contribution in [-0.4, -0.2) is 6.18 Å². The van der Waals surface area contributed by atoms with Gasteiger partial charge in [-0.2, -0.15) is 13.2 Å². The Hall–Kier alpha value is -1.01. The smallest absolute Gasteiger partial charge is 0.409 e. The fourth-order valence-corrected chi connectivity index (χ4v) is 0.819. The monoisotopic (exact) mass is 180 g/mol. The van der Waals surface area contributed by atoms with Gasteiger partial charge in [0.2, 0.25) is 0 Å². The second-order valence-corrected chi connectivity index (χ2v) is 2.20. The highest BCUT2D eigenvalue weighted by atomic mass is 19.4. The molecule has 0 fully saturated rings. The number of rotatable bonds is 2. The van der Waals surface area contributed by atoms with Crippen LogP contribution in [0.1, 0.15) is 11.6 Å². The molecule has 1 unspecified atom stereocenters. The molecule has 0 radical (unpaired) electrons. The van der Waals surface area contributed by atoms with E-state index in [2.05, 4.69) is 4.42 Å². The van der Waals surface area contributed by atoms with Crippen LogP contribution in [0, 0.1) is 0 Å². The molecule has 0 aromatic carbocycles. The van der Waals surface area contributed by atoms with Crippen LogP contribution in [0.5, 0.6) is 0 Å². The molecule has 1 aromatic heterocycles. The summed E-state index contributed by atoms with van der Waals surface area (Å²) in [6.45, 7) is 0. The van der Waals surface area contributed by atoms with E-state index in [9.17, 15) is 13.2 Å². The number of hydrogen-bond donors (Lipinski definition) is 2. The Morgan fingerprint density at radius 2 is 2.17 bits per heavy atom. The van der Waals surface area contributed by atoms with Gasteiger partial charge in [0, 0.05) is 5.56 Å². The molecule has 1 atom stereocenters. The summed E-state index contributed by atoms with van der Waals surface area (Å²) < 4.78 is 40.8.